The number of aryl methyl sites for hydroxylation is 1. The van der Waals surface area contributed by atoms with Gasteiger partial charge < -0.3 is 16.0 Å². The van der Waals surface area contributed by atoms with Crippen molar-refractivity contribution in [2.45, 2.75) is 25.8 Å². The molecule has 1 unspecified atom stereocenters. The minimum absolute atomic E-state index is 0.0496. The number of nitrogens with one attached hydrogen (secondary N) is 1. The number of amides is 1. The zero-order valence-electron chi connectivity index (χ0n) is 13.2. The van der Waals surface area contributed by atoms with E-state index in [-0.39, 0.29) is 5.91 Å². The molecular weight excluding hydrogens is 264 g/mol. The minimum Gasteiger partial charge on any atom is -0.399 e. The molecule has 3 N–H and O–H groups in total. The minimum atomic E-state index is 0.0496. The van der Waals surface area contributed by atoms with Gasteiger partial charge >= 0.3 is 0 Å². The molecule has 5 nitrogen and oxygen atoms in total. The Morgan fingerprint density at radius 2 is 2.24 bits per heavy atom. The van der Waals surface area contributed by atoms with Gasteiger partial charge in [0.05, 0.1) is 6.54 Å². The molecule has 1 aliphatic heterocycles. The number of nitrogen functional groups attached to an aromatic ring is 1. The Hall–Kier alpha value is -1.59. The van der Waals surface area contributed by atoms with Crippen molar-refractivity contribution in [1.29, 1.82) is 0 Å². The maximum absolute atomic E-state index is 12.2. The molecule has 1 aromatic rings. The monoisotopic (exact) mass is 290 g/mol. The maximum atomic E-state index is 12.2. The Balaban J connectivity index is 1.92. The summed E-state index contributed by atoms with van der Waals surface area (Å²) in [6, 6.07) is 6.04. The highest BCUT2D eigenvalue weighted by atomic mass is 16.2. The van der Waals surface area contributed by atoms with Crippen LogP contribution in [0.1, 0.15) is 18.4 Å². The second-order valence-electron chi connectivity index (χ2n) is 6.15. The van der Waals surface area contributed by atoms with Crippen LogP contribution < -0.4 is 11.1 Å². The van der Waals surface area contributed by atoms with Gasteiger partial charge in [0.1, 0.15) is 0 Å². The zero-order valence-corrected chi connectivity index (χ0v) is 13.2. The van der Waals surface area contributed by atoms with Gasteiger partial charge in [-0.25, -0.2) is 0 Å². The van der Waals surface area contributed by atoms with Crippen LogP contribution in [0, 0.1) is 6.92 Å². The average molecular weight is 290 g/mol. The first kappa shape index (κ1) is 15.8. The SMILES string of the molecule is Cc1cc(N)ccc1NC(=O)CN1CCCC1CN(C)C. The van der Waals surface area contributed by atoms with Crippen molar-refractivity contribution in [3.8, 4) is 0 Å². The van der Waals surface area contributed by atoms with Crippen LogP contribution in [-0.4, -0.2) is 55.5 Å². The van der Waals surface area contributed by atoms with Crippen molar-refractivity contribution in [3.05, 3.63) is 23.8 Å². The fraction of sp³-hybridized carbons (Fsp3) is 0.562. The average Bonchev–Trinajstić information content (AvgIpc) is 2.79. The van der Waals surface area contributed by atoms with E-state index in [9.17, 15) is 4.79 Å². The molecule has 116 valence electrons. The third-order valence-corrected chi connectivity index (χ3v) is 3.95. The summed E-state index contributed by atoms with van der Waals surface area (Å²) in [6.45, 7) is 4.43. The number of likely N-dealkylation sites (N-methyl/N-ethyl adjacent to an activating group) is 1. The van der Waals surface area contributed by atoms with E-state index in [4.69, 9.17) is 5.73 Å². The molecule has 0 aliphatic carbocycles. The fourth-order valence-electron chi connectivity index (χ4n) is 2.93. The number of anilines is 2. The number of nitrogens with two attached hydrogens (primary N) is 1. The lowest BCUT2D eigenvalue weighted by molar-refractivity contribution is -0.117. The Kier molecular flexibility index (Phi) is 5.20. The molecule has 1 amide bonds. The van der Waals surface area contributed by atoms with E-state index in [1.807, 2.05) is 25.1 Å². The normalized spacial score (nSPS) is 19.1. The van der Waals surface area contributed by atoms with Gasteiger partial charge in [-0.3, -0.25) is 9.69 Å². The summed E-state index contributed by atoms with van der Waals surface area (Å²) in [5.41, 5.74) is 8.29. The lowest BCUT2D eigenvalue weighted by Gasteiger charge is -2.26. The summed E-state index contributed by atoms with van der Waals surface area (Å²) in [6.07, 6.45) is 2.35. The Morgan fingerprint density at radius 3 is 2.90 bits per heavy atom. The number of carbonyl (C=O) groups excluding carboxylic acids is 1. The Morgan fingerprint density at radius 1 is 1.48 bits per heavy atom. The van der Waals surface area contributed by atoms with Gasteiger partial charge in [-0.15, -0.1) is 0 Å². The van der Waals surface area contributed by atoms with E-state index >= 15 is 0 Å². The lowest BCUT2D eigenvalue weighted by atomic mass is 10.2. The van der Waals surface area contributed by atoms with Crippen LogP contribution in [-0.2, 0) is 4.79 Å². The van der Waals surface area contributed by atoms with Crippen molar-refractivity contribution in [2.24, 2.45) is 0 Å². The number of hydrogen-bond acceptors (Lipinski definition) is 4. The van der Waals surface area contributed by atoms with Crippen molar-refractivity contribution >= 4 is 17.3 Å². The first-order chi connectivity index (χ1) is 9.95. The molecule has 1 atom stereocenters. The van der Waals surface area contributed by atoms with Gasteiger partial charge in [-0.2, -0.15) is 0 Å². The molecule has 0 bridgehead atoms. The molecule has 0 radical (unpaired) electrons. The number of carbonyl (C=O) groups is 1. The summed E-state index contributed by atoms with van der Waals surface area (Å²) in [7, 11) is 4.16. The molecule has 1 heterocycles. The Bertz CT molecular complexity index is 501. The topological polar surface area (TPSA) is 61.6 Å². The van der Waals surface area contributed by atoms with E-state index in [1.54, 1.807) is 0 Å². The highest BCUT2D eigenvalue weighted by Crippen LogP contribution is 2.19. The molecule has 1 saturated heterocycles. The number of nitrogens with zero attached hydrogens (tertiary/aromatic N) is 2. The largest absolute Gasteiger partial charge is 0.399 e. The van der Waals surface area contributed by atoms with E-state index < -0.39 is 0 Å². The molecule has 1 aliphatic rings. The lowest BCUT2D eigenvalue weighted by Crippen LogP contribution is -2.41. The summed E-state index contributed by atoms with van der Waals surface area (Å²) >= 11 is 0. The molecule has 5 heteroatoms. The van der Waals surface area contributed by atoms with Gasteiger partial charge in [0, 0.05) is 24.0 Å². The molecule has 1 fully saturated rings. The summed E-state index contributed by atoms with van der Waals surface area (Å²) in [4.78, 5) is 16.7. The Labute approximate surface area is 127 Å². The fourth-order valence-corrected chi connectivity index (χ4v) is 2.93. The summed E-state index contributed by atoms with van der Waals surface area (Å²) in [5, 5.41) is 2.99. The summed E-state index contributed by atoms with van der Waals surface area (Å²) < 4.78 is 0. The van der Waals surface area contributed by atoms with Gasteiger partial charge in [-0.05, 0) is 64.2 Å². The molecular formula is C16H26N4O. The maximum Gasteiger partial charge on any atom is 0.238 e. The van der Waals surface area contributed by atoms with Gasteiger partial charge in [0.2, 0.25) is 5.91 Å². The molecule has 0 saturated carbocycles. The van der Waals surface area contributed by atoms with Crippen LogP contribution >= 0.6 is 0 Å². The second-order valence-corrected chi connectivity index (χ2v) is 6.15. The van der Waals surface area contributed by atoms with Crippen LogP contribution in [0.15, 0.2) is 18.2 Å². The quantitative estimate of drug-likeness (QED) is 0.808. The molecule has 0 aromatic heterocycles. The highest BCUT2D eigenvalue weighted by molar-refractivity contribution is 5.93. The zero-order chi connectivity index (χ0) is 15.4. The van der Waals surface area contributed by atoms with Gasteiger partial charge in [-0.1, -0.05) is 0 Å². The van der Waals surface area contributed by atoms with E-state index in [0.717, 1.165) is 30.0 Å². The molecule has 2 rings (SSSR count). The van der Waals surface area contributed by atoms with E-state index in [0.29, 0.717) is 12.6 Å². The first-order valence-corrected chi connectivity index (χ1v) is 7.50. The number of benzene rings is 1. The van der Waals surface area contributed by atoms with Crippen molar-refractivity contribution in [1.82, 2.24) is 9.80 Å². The number of hydrogen-bond donors (Lipinski definition) is 2. The second kappa shape index (κ2) is 6.91. The summed E-state index contributed by atoms with van der Waals surface area (Å²) in [5.74, 6) is 0.0496. The van der Waals surface area contributed by atoms with Crippen molar-refractivity contribution in [3.63, 3.8) is 0 Å². The molecule has 1 aromatic carbocycles. The third kappa shape index (κ3) is 4.44. The van der Waals surface area contributed by atoms with Crippen LogP contribution in [0.3, 0.4) is 0 Å². The van der Waals surface area contributed by atoms with E-state index in [1.165, 1.54) is 12.8 Å². The standard InChI is InChI=1S/C16H26N4O/c1-12-9-13(17)6-7-15(12)18-16(21)11-20-8-4-5-14(20)10-19(2)3/h6-7,9,14H,4-5,8,10-11,17H2,1-3H3,(H,18,21). The van der Waals surface area contributed by atoms with E-state index in [2.05, 4.69) is 29.2 Å². The predicted molar refractivity (Wildman–Crippen MR) is 87.4 cm³/mol. The van der Waals surface area contributed by atoms with Crippen LogP contribution in [0.4, 0.5) is 11.4 Å². The van der Waals surface area contributed by atoms with Crippen molar-refractivity contribution in [2.75, 3.05) is 44.8 Å². The smallest absolute Gasteiger partial charge is 0.238 e. The molecule has 0 spiro atoms. The number of rotatable bonds is 5. The predicted octanol–water partition coefficient (Wildman–Crippen LogP) is 1.54. The van der Waals surface area contributed by atoms with Crippen molar-refractivity contribution < 1.29 is 4.79 Å². The van der Waals surface area contributed by atoms with Gasteiger partial charge in [0.15, 0.2) is 0 Å². The highest BCUT2D eigenvalue weighted by Gasteiger charge is 2.26. The number of likely N-dealkylation sites (tertiary alicyclic amines) is 1. The van der Waals surface area contributed by atoms with Gasteiger partial charge in [0.25, 0.3) is 0 Å². The third-order valence-electron chi connectivity index (χ3n) is 3.95. The van der Waals surface area contributed by atoms with Crippen LogP contribution in [0.25, 0.3) is 0 Å². The first-order valence-electron chi connectivity index (χ1n) is 7.50. The molecule has 21 heavy (non-hydrogen) atoms. The van der Waals surface area contributed by atoms with Crippen LogP contribution in [0.5, 0.6) is 0 Å². The van der Waals surface area contributed by atoms with Crippen LogP contribution in [0.2, 0.25) is 0 Å².